The van der Waals surface area contributed by atoms with Gasteiger partial charge >= 0.3 is 11.8 Å². The summed E-state index contributed by atoms with van der Waals surface area (Å²) in [5.41, 5.74) is 3.72. The highest BCUT2D eigenvalue weighted by Crippen LogP contribution is 2.26. The summed E-state index contributed by atoms with van der Waals surface area (Å²) in [4.78, 5) is 24.5. The molecule has 2 aromatic carbocycles. The molecule has 0 radical (unpaired) electrons. The molecule has 2 aromatic rings. The first-order chi connectivity index (χ1) is 12.7. The smallest absolute Gasteiger partial charge is 0.314 e. The zero-order chi connectivity index (χ0) is 18.4. The van der Waals surface area contributed by atoms with Gasteiger partial charge in [0.1, 0.15) is 5.75 Å². The highest BCUT2D eigenvalue weighted by atomic mass is 16.5. The molecule has 26 heavy (non-hydrogen) atoms. The van der Waals surface area contributed by atoms with Crippen molar-refractivity contribution in [2.45, 2.75) is 39.0 Å². The lowest BCUT2D eigenvalue weighted by Crippen LogP contribution is -2.29. The summed E-state index contributed by atoms with van der Waals surface area (Å²) < 4.78 is 5.68. The van der Waals surface area contributed by atoms with Gasteiger partial charge in [-0.25, -0.2) is 0 Å². The van der Waals surface area contributed by atoms with Crippen LogP contribution in [0.1, 0.15) is 37.3 Å². The third-order valence-corrected chi connectivity index (χ3v) is 4.45. The Morgan fingerprint density at radius 2 is 1.77 bits per heavy atom. The summed E-state index contributed by atoms with van der Waals surface area (Å²) in [7, 11) is 0. The van der Waals surface area contributed by atoms with E-state index in [4.69, 9.17) is 4.74 Å². The molecule has 0 atom stereocenters. The number of hydrogen-bond donors (Lipinski definition) is 2. The van der Waals surface area contributed by atoms with Gasteiger partial charge in [0.25, 0.3) is 0 Å². The molecular weight excluding hydrogens is 328 g/mol. The number of para-hydroxylation sites is 2. The Hall–Kier alpha value is -2.82. The summed E-state index contributed by atoms with van der Waals surface area (Å²) >= 11 is 0. The van der Waals surface area contributed by atoms with Crippen LogP contribution in [0.25, 0.3) is 0 Å². The number of benzene rings is 2. The Labute approximate surface area is 153 Å². The number of ether oxygens (including phenoxy) is 1. The highest BCUT2D eigenvalue weighted by molar-refractivity contribution is 6.43. The van der Waals surface area contributed by atoms with Crippen LogP contribution < -0.4 is 15.4 Å². The summed E-state index contributed by atoms with van der Waals surface area (Å²) in [6, 6.07) is 13.0. The van der Waals surface area contributed by atoms with Crippen molar-refractivity contribution in [1.29, 1.82) is 0 Å². The van der Waals surface area contributed by atoms with Crippen LogP contribution in [0, 0.1) is 0 Å². The van der Waals surface area contributed by atoms with Crippen molar-refractivity contribution >= 4 is 23.2 Å². The maximum atomic E-state index is 12.3. The SMILES string of the molecule is CCCCOc1ccccc1NC(=O)C(=O)Nc1ccc2c(c1)CCC2. The molecule has 1 aliphatic rings. The van der Waals surface area contributed by atoms with Gasteiger partial charge in [0.15, 0.2) is 0 Å². The molecule has 5 nitrogen and oxygen atoms in total. The van der Waals surface area contributed by atoms with E-state index in [-0.39, 0.29) is 0 Å². The van der Waals surface area contributed by atoms with E-state index in [0.717, 1.165) is 32.1 Å². The van der Waals surface area contributed by atoms with Gasteiger partial charge in [-0.15, -0.1) is 0 Å². The molecule has 5 heteroatoms. The molecule has 0 aliphatic heterocycles. The van der Waals surface area contributed by atoms with E-state index in [1.165, 1.54) is 11.1 Å². The Bertz CT molecular complexity index is 802. The van der Waals surface area contributed by atoms with E-state index in [2.05, 4.69) is 17.6 Å². The Kier molecular flexibility index (Phi) is 5.89. The first-order valence-electron chi connectivity index (χ1n) is 9.13. The number of unbranched alkanes of at least 4 members (excludes halogenated alkanes) is 1. The molecule has 0 saturated heterocycles. The Morgan fingerprint density at radius 3 is 2.62 bits per heavy atom. The zero-order valence-corrected chi connectivity index (χ0v) is 15.0. The lowest BCUT2D eigenvalue weighted by Gasteiger charge is -2.12. The molecule has 0 fully saturated rings. The zero-order valence-electron chi connectivity index (χ0n) is 15.0. The number of carbonyl (C=O) groups is 2. The number of nitrogens with one attached hydrogen (secondary N) is 2. The lowest BCUT2D eigenvalue weighted by molar-refractivity contribution is -0.133. The van der Waals surface area contributed by atoms with E-state index in [1.807, 2.05) is 24.3 Å². The fourth-order valence-corrected chi connectivity index (χ4v) is 3.04. The molecule has 2 amide bonds. The normalized spacial score (nSPS) is 12.3. The van der Waals surface area contributed by atoms with Crippen LogP contribution >= 0.6 is 0 Å². The largest absolute Gasteiger partial charge is 0.491 e. The summed E-state index contributed by atoms with van der Waals surface area (Å²) in [5.74, 6) is -0.831. The van der Waals surface area contributed by atoms with Crippen molar-refractivity contribution in [3.8, 4) is 5.75 Å². The van der Waals surface area contributed by atoms with Crippen molar-refractivity contribution < 1.29 is 14.3 Å². The quantitative estimate of drug-likeness (QED) is 0.611. The second-order valence-corrected chi connectivity index (χ2v) is 6.44. The van der Waals surface area contributed by atoms with Gasteiger partial charge in [-0.1, -0.05) is 31.5 Å². The fourth-order valence-electron chi connectivity index (χ4n) is 3.04. The van der Waals surface area contributed by atoms with Crippen LogP contribution in [0.3, 0.4) is 0 Å². The predicted molar refractivity (Wildman–Crippen MR) is 103 cm³/mol. The van der Waals surface area contributed by atoms with E-state index in [1.54, 1.807) is 18.2 Å². The van der Waals surface area contributed by atoms with E-state index in [0.29, 0.717) is 23.7 Å². The minimum Gasteiger partial charge on any atom is -0.491 e. The van der Waals surface area contributed by atoms with Crippen LogP contribution in [0.15, 0.2) is 42.5 Å². The molecule has 0 heterocycles. The number of carbonyl (C=O) groups excluding carboxylic acids is 2. The first kappa shape index (κ1) is 18.0. The van der Waals surface area contributed by atoms with E-state index in [9.17, 15) is 9.59 Å². The number of hydrogen-bond acceptors (Lipinski definition) is 3. The van der Waals surface area contributed by atoms with E-state index < -0.39 is 11.8 Å². The van der Waals surface area contributed by atoms with Crippen LogP contribution in [-0.2, 0) is 22.4 Å². The molecule has 0 bridgehead atoms. The van der Waals surface area contributed by atoms with Gasteiger partial charge in [0, 0.05) is 5.69 Å². The Morgan fingerprint density at radius 1 is 1.00 bits per heavy atom. The topological polar surface area (TPSA) is 67.4 Å². The minimum absolute atomic E-state index is 0.498. The summed E-state index contributed by atoms with van der Waals surface area (Å²) in [6.45, 7) is 2.66. The third kappa shape index (κ3) is 4.42. The van der Waals surface area contributed by atoms with Crippen molar-refractivity contribution in [3.63, 3.8) is 0 Å². The van der Waals surface area contributed by atoms with Gasteiger partial charge in [0.05, 0.1) is 12.3 Å². The molecule has 0 spiro atoms. The van der Waals surface area contributed by atoms with Crippen molar-refractivity contribution in [1.82, 2.24) is 0 Å². The molecule has 136 valence electrons. The third-order valence-electron chi connectivity index (χ3n) is 4.45. The summed E-state index contributed by atoms with van der Waals surface area (Å²) in [6.07, 6.45) is 5.20. The first-order valence-corrected chi connectivity index (χ1v) is 9.13. The van der Waals surface area contributed by atoms with Gasteiger partial charge in [-0.05, 0) is 61.1 Å². The average Bonchev–Trinajstić information content (AvgIpc) is 3.11. The molecule has 0 unspecified atom stereocenters. The summed E-state index contributed by atoms with van der Waals surface area (Å²) in [5, 5.41) is 5.31. The van der Waals surface area contributed by atoms with Crippen LogP contribution in [0.2, 0.25) is 0 Å². The monoisotopic (exact) mass is 352 g/mol. The number of rotatable bonds is 6. The van der Waals surface area contributed by atoms with Crippen molar-refractivity contribution in [3.05, 3.63) is 53.6 Å². The van der Waals surface area contributed by atoms with Crippen molar-refractivity contribution in [2.75, 3.05) is 17.2 Å². The molecule has 3 rings (SSSR count). The number of fused-ring (bicyclic) bond motifs is 1. The second kappa shape index (κ2) is 8.52. The molecule has 0 saturated carbocycles. The average molecular weight is 352 g/mol. The van der Waals surface area contributed by atoms with Gasteiger partial charge in [-0.3, -0.25) is 9.59 Å². The van der Waals surface area contributed by atoms with Gasteiger partial charge in [-0.2, -0.15) is 0 Å². The Balaban J connectivity index is 1.62. The molecule has 0 aromatic heterocycles. The maximum absolute atomic E-state index is 12.3. The molecule has 2 N–H and O–H groups in total. The number of aryl methyl sites for hydroxylation is 2. The maximum Gasteiger partial charge on any atom is 0.314 e. The van der Waals surface area contributed by atoms with Crippen LogP contribution in [0.4, 0.5) is 11.4 Å². The fraction of sp³-hybridized carbons (Fsp3) is 0.333. The molecule has 1 aliphatic carbocycles. The molecular formula is C21H24N2O3. The second-order valence-electron chi connectivity index (χ2n) is 6.44. The minimum atomic E-state index is -0.711. The van der Waals surface area contributed by atoms with Crippen LogP contribution in [-0.4, -0.2) is 18.4 Å². The number of anilines is 2. The lowest BCUT2D eigenvalue weighted by atomic mass is 10.1. The van der Waals surface area contributed by atoms with Gasteiger partial charge in [0.2, 0.25) is 0 Å². The predicted octanol–water partition coefficient (Wildman–Crippen LogP) is 3.93. The highest BCUT2D eigenvalue weighted by Gasteiger charge is 2.17. The standard InChI is InChI=1S/C21H24N2O3/c1-2-3-13-26-19-10-5-4-9-18(19)23-21(25)20(24)22-17-12-11-15-7-6-8-16(15)14-17/h4-5,9-12,14H,2-3,6-8,13H2,1H3,(H,22,24)(H,23,25). The van der Waals surface area contributed by atoms with E-state index >= 15 is 0 Å². The van der Waals surface area contributed by atoms with Gasteiger partial charge < -0.3 is 15.4 Å². The van der Waals surface area contributed by atoms with Crippen molar-refractivity contribution in [2.24, 2.45) is 0 Å². The number of amides is 2. The van der Waals surface area contributed by atoms with Crippen LogP contribution in [0.5, 0.6) is 5.75 Å².